The van der Waals surface area contributed by atoms with Crippen LogP contribution >= 0.6 is 0 Å². The summed E-state index contributed by atoms with van der Waals surface area (Å²) in [5.74, 6) is 3.53. The van der Waals surface area contributed by atoms with Crippen LogP contribution in [0.4, 0.5) is 11.8 Å². The molecule has 0 aromatic carbocycles. The van der Waals surface area contributed by atoms with E-state index in [0.29, 0.717) is 5.92 Å². The zero-order valence-corrected chi connectivity index (χ0v) is 16.9. The van der Waals surface area contributed by atoms with E-state index in [1.165, 1.54) is 18.4 Å². The van der Waals surface area contributed by atoms with E-state index in [-0.39, 0.29) is 5.41 Å². The van der Waals surface area contributed by atoms with E-state index in [4.69, 9.17) is 9.97 Å². The molecule has 1 saturated carbocycles. The van der Waals surface area contributed by atoms with Crippen molar-refractivity contribution in [1.29, 1.82) is 0 Å². The van der Waals surface area contributed by atoms with Gasteiger partial charge in [0.15, 0.2) is 0 Å². The van der Waals surface area contributed by atoms with Crippen molar-refractivity contribution in [3.8, 4) is 0 Å². The van der Waals surface area contributed by atoms with Gasteiger partial charge in [-0.05, 0) is 24.8 Å². The molecule has 6 nitrogen and oxygen atoms in total. The lowest BCUT2D eigenvalue weighted by Gasteiger charge is -2.36. The largest absolute Gasteiger partial charge is 0.353 e. The molecule has 27 heavy (non-hydrogen) atoms. The molecule has 2 aliphatic rings. The van der Waals surface area contributed by atoms with Crippen molar-refractivity contribution in [1.82, 2.24) is 19.9 Å². The van der Waals surface area contributed by atoms with Gasteiger partial charge in [-0.2, -0.15) is 0 Å². The molecule has 3 heterocycles. The highest BCUT2D eigenvalue weighted by molar-refractivity contribution is 5.45. The second kappa shape index (κ2) is 7.06. The Kier molecular flexibility index (Phi) is 4.74. The Morgan fingerprint density at radius 1 is 0.963 bits per heavy atom. The minimum Gasteiger partial charge on any atom is -0.353 e. The van der Waals surface area contributed by atoms with Crippen LogP contribution in [0.1, 0.15) is 63.5 Å². The minimum absolute atomic E-state index is 0.0397. The van der Waals surface area contributed by atoms with Crippen LogP contribution in [0.15, 0.2) is 18.5 Å². The predicted octanol–water partition coefficient (Wildman–Crippen LogP) is 3.33. The minimum atomic E-state index is 0.0397. The normalized spacial score (nSPS) is 18.1. The number of nitrogens with zero attached hydrogens (tertiary/aromatic N) is 6. The molecule has 0 atom stereocenters. The molecule has 2 aromatic rings. The summed E-state index contributed by atoms with van der Waals surface area (Å²) in [6, 6.07) is 2.19. The Morgan fingerprint density at radius 2 is 1.59 bits per heavy atom. The van der Waals surface area contributed by atoms with E-state index in [0.717, 1.165) is 55.9 Å². The van der Waals surface area contributed by atoms with Crippen LogP contribution in [0.5, 0.6) is 0 Å². The number of aryl methyl sites for hydroxylation is 1. The van der Waals surface area contributed by atoms with Gasteiger partial charge in [-0.25, -0.2) is 19.9 Å². The molecule has 0 spiro atoms. The molecule has 0 bridgehead atoms. The first-order valence-electron chi connectivity index (χ1n) is 10.1. The van der Waals surface area contributed by atoms with Crippen LogP contribution in [0.2, 0.25) is 0 Å². The molecular formula is C21H30N6. The van der Waals surface area contributed by atoms with Crippen LogP contribution in [-0.4, -0.2) is 46.1 Å². The van der Waals surface area contributed by atoms with Crippen LogP contribution in [0.3, 0.4) is 0 Å². The molecule has 1 aliphatic heterocycles. The second-order valence-electron chi connectivity index (χ2n) is 8.71. The zero-order valence-electron chi connectivity index (χ0n) is 16.9. The van der Waals surface area contributed by atoms with Gasteiger partial charge in [0.1, 0.15) is 11.6 Å². The first-order chi connectivity index (χ1) is 12.9. The van der Waals surface area contributed by atoms with Gasteiger partial charge >= 0.3 is 0 Å². The van der Waals surface area contributed by atoms with Crippen molar-refractivity contribution in [2.24, 2.45) is 0 Å². The summed E-state index contributed by atoms with van der Waals surface area (Å²) >= 11 is 0. The summed E-state index contributed by atoms with van der Waals surface area (Å²) in [4.78, 5) is 23.5. The number of anilines is 2. The predicted molar refractivity (Wildman–Crippen MR) is 109 cm³/mol. The first-order valence-corrected chi connectivity index (χ1v) is 10.1. The average molecular weight is 367 g/mol. The molecule has 2 fully saturated rings. The zero-order chi connectivity index (χ0) is 19.0. The number of hydrogen-bond donors (Lipinski definition) is 0. The standard InChI is InChI=1S/C21H30N6/c1-5-15-13-22-20(23-14-15)27-10-8-26(9-11-27)18-12-17(21(2,3)4)24-19(25-18)16-6-7-16/h12-14,16H,5-11H2,1-4H3. The van der Waals surface area contributed by atoms with Crippen molar-refractivity contribution in [2.75, 3.05) is 36.0 Å². The summed E-state index contributed by atoms with van der Waals surface area (Å²) in [7, 11) is 0. The van der Waals surface area contributed by atoms with Gasteiger partial charge in [0, 0.05) is 56.0 Å². The summed E-state index contributed by atoms with van der Waals surface area (Å²) in [5.41, 5.74) is 2.37. The molecule has 1 saturated heterocycles. The maximum absolute atomic E-state index is 4.92. The van der Waals surface area contributed by atoms with E-state index in [1.807, 2.05) is 12.4 Å². The Bertz CT molecular complexity index is 783. The molecule has 144 valence electrons. The topological polar surface area (TPSA) is 58.0 Å². The van der Waals surface area contributed by atoms with Gasteiger partial charge in [0.05, 0.1) is 5.69 Å². The highest BCUT2D eigenvalue weighted by Gasteiger charge is 2.30. The second-order valence-corrected chi connectivity index (χ2v) is 8.71. The van der Waals surface area contributed by atoms with Crippen molar-refractivity contribution >= 4 is 11.8 Å². The number of aromatic nitrogens is 4. The molecule has 6 heteroatoms. The molecular weight excluding hydrogens is 336 g/mol. The van der Waals surface area contributed by atoms with Gasteiger partial charge in [-0.15, -0.1) is 0 Å². The van der Waals surface area contributed by atoms with Gasteiger partial charge < -0.3 is 9.80 Å². The smallest absolute Gasteiger partial charge is 0.225 e. The SMILES string of the molecule is CCc1cnc(N2CCN(c3cc(C(C)(C)C)nc(C4CC4)n3)CC2)nc1. The maximum atomic E-state index is 4.92. The Morgan fingerprint density at radius 3 is 2.15 bits per heavy atom. The highest BCUT2D eigenvalue weighted by atomic mass is 15.3. The third-order valence-electron chi connectivity index (χ3n) is 5.43. The summed E-state index contributed by atoms with van der Waals surface area (Å²) < 4.78 is 0. The van der Waals surface area contributed by atoms with E-state index in [1.54, 1.807) is 0 Å². The van der Waals surface area contributed by atoms with Crippen LogP contribution in [0, 0.1) is 0 Å². The lowest BCUT2D eigenvalue weighted by Crippen LogP contribution is -2.47. The van der Waals surface area contributed by atoms with E-state index in [2.05, 4.69) is 53.5 Å². The Hall–Kier alpha value is -2.24. The van der Waals surface area contributed by atoms with Crippen molar-refractivity contribution in [3.05, 3.63) is 35.5 Å². The van der Waals surface area contributed by atoms with Crippen molar-refractivity contribution in [2.45, 2.75) is 58.3 Å². The van der Waals surface area contributed by atoms with Crippen LogP contribution in [0.25, 0.3) is 0 Å². The maximum Gasteiger partial charge on any atom is 0.225 e. The van der Waals surface area contributed by atoms with Crippen LogP contribution in [-0.2, 0) is 11.8 Å². The molecule has 0 N–H and O–H groups in total. The Labute approximate surface area is 162 Å². The lowest BCUT2D eigenvalue weighted by atomic mass is 9.91. The van der Waals surface area contributed by atoms with Gasteiger partial charge in [-0.3, -0.25) is 0 Å². The Balaban J connectivity index is 1.49. The fourth-order valence-corrected chi connectivity index (χ4v) is 3.35. The quantitative estimate of drug-likeness (QED) is 0.827. The number of rotatable bonds is 4. The first kappa shape index (κ1) is 18.1. The molecule has 2 aromatic heterocycles. The molecule has 4 rings (SSSR count). The molecule has 0 amide bonds. The van der Waals surface area contributed by atoms with E-state index in [9.17, 15) is 0 Å². The van der Waals surface area contributed by atoms with Crippen LogP contribution < -0.4 is 9.80 Å². The van der Waals surface area contributed by atoms with Gasteiger partial charge in [-0.1, -0.05) is 27.7 Å². The van der Waals surface area contributed by atoms with Gasteiger partial charge in [0.2, 0.25) is 5.95 Å². The third kappa shape index (κ3) is 4.04. The molecule has 0 radical (unpaired) electrons. The fourth-order valence-electron chi connectivity index (χ4n) is 3.35. The molecule has 0 unspecified atom stereocenters. The average Bonchev–Trinajstić information content (AvgIpc) is 3.52. The highest BCUT2D eigenvalue weighted by Crippen LogP contribution is 2.39. The van der Waals surface area contributed by atoms with E-state index < -0.39 is 0 Å². The summed E-state index contributed by atoms with van der Waals surface area (Å²) in [6.07, 6.45) is 7.31. The lowest BCUT2D eigenvalue weighted by molar-refractivity contribution is 0.559. The number of piperazine rings is 1. The molecule has 1 aliphatic carbocycles. The van der Waals surface area contributed by atoms with Crippen molar-refractivity contribution < 1.29 is 0 Å². The van der Waals surface area contributed by atoms with Crippen molar-refractivity contribution in [3.63, 3.8) is 0 Å². The third-order valence-corrected chi connectivity index (χ3v) is 5.43. The van der Waals surface area contributed by atoms with E-state index >= 15 is 0 Å². The monoisotopic (exact) mass is 366 g/mol. The fraction of sp³-hybridized carbons (Fsp3) is 0.619. The number of hydrogen-bond acceptors (Lipinski definition) is 6. The summed E-state index contributed by atoms with van der Waals surface area (Å²) in [6.45, 7) is 12.5. The summed E-state index contributed by atoms with van der Waals surface area (Å²) in [5, 5.41) is 0. The van der Waals surface area contributed by atoms with Gasteiger partial charge in [0.25, 0.3) is 0 Å².